The van der Waals surface area contributed by atoms with Crippen LogP contribution in [0.15, 0.2) is 53.3 Å². The molecular weight excluding hydrogens is 419 g/mol. The van der Waals surface area contributed by atoms with Crippen molar-refractivity contribution in [2.24, 2.45) is 0 Å². The van der Waals surface area contributed by atoms with Gasteiger partial charge < -0.3 is 5.32 Å². The van der Waals surface area contributed by atoms with E-state index in [4.69, 9.17) is 0 Å². The largest absolute Gasteiger partial charge is 0.391 e. The Morgan fingerprint density at radius 1 is 1.06 bits per heavy atom. The van der Waals surface area contributed by atoms with E-state index >= 15 is 0 Å². The maximum Gasteiger partial charge on any atom is 0.391 e. The van der Waals surface area contributed by atoms with Crippen LogP contribution in [0.3, 0.4) is 0 Å². The molecule has 2 aromatic carbocycles. The van der Waals surface area contributed by atoms with E-state index in [9.17, 15) is 22.8 Å². The lowest BCUT2D eigenvalue weighted by atomic mass is 10.0. The highest BCUT2D eigenvalue weighted by Gasteiger charge is 2.33. The predicted octanol–water partition coefficient (Wildman–Crippen LogP) is 4.94. The summed E-state index contributed by atoms with van der Waals surface area (Å²) in [6, 6.07) is 11.3. The van der Waals surface area contributed by atoms with Crippen LogP contribution in [0.4, 0.5) is 13.2 Å². The van der Waals surface area contributed by atoms with Crippen LogP contribution < -0.4 is 10.9 Å². The molecular formula is C24H24F3N3O2. The second kappa shape index (κ2) is 9.14. The molecule has 1 amide bonds. The number of aromatic nitrogens is 2. The lowest BCUT2D eigenvalue weighted by Crippen LogP contribution is -2.32. The summed E-state index contributed by atoms with van der Waals surface area (Å²) in [5.74, 6) is 0.0534. The molecule has 0 fully saturated rings. The van der Waals surface area contributed by atoms with Gasteiger partial charge in [-0.2, -0.15) is 13.2 Å². The maximum absolute atomic E-state index is 13.1. The zero-order valence-electron chi connectivity index (χ0n) is 17.5. The molecule has 2 heterocycles. The summed E-state index contributed by atoms with van der Waals surface area (Å²) in [6.45, 7) is 0.621. The zero-order chi connectivity index (χ0) is 22.7. The van der Waals surface area contributed by atoms with Crippen molar-refractivity contribution in [1.82, 2.24) is 14.9 Å². The van der Waals surface area contributed by atoms with Gasteiger partial charge in [0.15, 0.2) is 0 Å². The van der Waals surface area contributed by atoms with Gasteiger partial charge in [0.05, 0.1) is 23.4 Å². The molecule has 4 rings (SSSR count). The summed E-state index contributed by atoms with van der Waals surface area (Å²) in [6.07, 6.45) is -0.925. The van der Waals surface area contributed by atoms with E-state index < -0.39 is 24.5 Å². The number of rotatable bonds is 4. The molecule has 0 spiro atoms. The lowest BCUT2D eigenvalue weighted by molar-refractivity contribution is -0.139. The molecule has 3 aromatic rings. The highest BCUT2D eigenvalue weighted by Crippen LogP contribution is 2.30. The summed E-state index contributed by atoms with van der Waals surface area (Å²) in [5.41, 5.74) is 0.791. The third-order valence-electron chi connectivity index (χ3n) is 5.77. The Hall–Kier alpha value is -3.16. The molecule has 8 heteroatoms. The van der Waals surface area contributed by atoms with Crippen molar-refractivity contribution < 1.29 is 18.0 Å². The Bertz CT molecular complexity index is 1170. The SMILES string of the molecule is O=C(NC(CC(F)(F)F)c1ccccc1)c1ccc2c(=O)n3c(nc2c1)CCCCCC3. The minimum atomic E-state index is -4.44. The first-order valence-corrected chi connectivity index (χ1v) is 10.8. The molecule has 1 aliphatic rings. The van der Waals surface area contributed by atoms with Crippen LogP contribution in [0.1, 0.15) is 59.9 Å². The number of carbonyl (C=O) groups excluding carboxylic acids is 1. The number of halogens is 3. The summed E-state index contributed by atoms with van der Waals surface area (Å²) in [5, 5.41) is 2.90. The van der Waals surface area contributed by atoms with Gasteiger partial charge in [0, 0.05) is 18.5 Å². The summed E-state index contributed by atoms with van der Waals surface area (Å²) >= 11 is 0. The highest BCUT2D eigenvalue weighted by molar-refractivity contribution is 5.97. The summed E-state index contributed by atoms with van der Waals surface area (Å²) < 4.78 is 41.1. The highest BCUT2D eigenvalue weighted by atomic mass is 19.4. The van der Waals surface area contributed by atoms with E-state index in [1.807, 2.05) is 0 Å². The molecule has 1 unspecified atom stereocenters. The van der Waals surface area contributed by atoms with Gasteiger partial charge in [-0.15, -0.1) is 0 Å². The predicted molar refractivity (Wildman–Crippen MR) is 115 cm³/mol. The number of alkyl halides is 3. The third kappa shape index (κ3) is 5.00. The van der Waals surface area contributed by atoms with Crippen LogP contribution in [-0.4, -0.2) is 21.6 Å². The van der Waals surface area contributed by atoms with Gasteiger partial charge in [-0.05, 0) is 36.6 Å². The third-order valence-corrected chi connectivity index (χ3v) is 5.77. The molecule has 0 aliphatic carbocycles. The topological polar surface area (TPSA) is 64.0 Å². The first-order valence-electron chi connectivity index (χ1n) is 10.8. The fourth-order valence-corrected chi connectivity index (χ4v) is 4.15. The minimum absolute atomic E-state index is 0.141. The van der Waals surface area contributed by atoms with E-state index in [1.54, 1.807) is 34.9 Å². The van der Waals surface area contributed by atoms with E-state index in [1.165, 1.54) is 18.2 Å². The first-order chi connectivity index (χ1) is 15.3. The van der Waals surface area contributed by atoms with Gasteiger partial charge in [-0.3, -0.25) is 14.2 Å². The van der Waals surface area contributed by atoms with Crippen LogP contribution >= 0.6 is 0 Å². The Morgan fingerprint density at radius 3 is 2.56 bits per heavy atom. The average molecular weight is 443 g/mol. The number of aryl methyl sites for hydroxylation is 1. The molecule has 0 bridgehead atoms. The second-order valence-electron chi connectivity index (χ2n) is 8.14. The molecule has 0 saturated heterocycles. The molecule has 5 nitrogen and oxygen atoms in total. The number of fused-ring (bicyclic) bond motifs is 2. The maximum atomic E-state index is 13.1. The van der Waals surface area contributed by atoms with Crippen molar-refractivity contribution in [3.63, 3.8) is 0 Å². The first kappa shape index (κ1) is 22.0. The molecule has 32 heavy (non-hydrogen) atoms. The monoisotopic (exact) mass is 443 g/mol. The van der Waals surface area contributed by atoms with Crippen LogP contribution in [0.2, 0.25) is 0 Å². The van der Waals surface area contributed by atoms with Gasteiger partial charge in [0.25, 0.3) is 11.5 Å². The van der Waals surface area contributed by atoms with E-state index in [0.29, 0.717) is 35.3 Å². The van der Waals surface area contributed by atoms with Gasteiger partial charge in [0.1, 0.15) is 5.82 Å². The Kier molecular flexibility index (Phi) is 6.30. The zero-order valence-corrected chi connectivity index (χ0v) is 17.5. The van der Waals surface area contributed by atoms with Crippen molar-refractivity contribution in [1.29, 1.82) is 0 Å². The quantitative estimate of drug-likeness (QED) is 0.622. The number of amides is 1. The molecule has 1 aliphatic heterocycles. The van der Waals surface area contributed by atoms with Gasteiger partial charge in [0.2, 0.25) is 0 Å². The summed E-state index contributed by atoms with van der Waals surface area (Å²) in [7, 11) is 0. The molecule has 168 valence electrons. The van der Waals surface area contributed by atoms with Crippen molar-refractivity contribution >= 4 is 16.8 Å². The molecule has 0 radical (unpaired) electrons. The summed E-state index contributed by atoms with van der Waals surface area (Å²) in [4.78, 5) is 30.4. The Morgan fingerprint density at radius 2 is 1.81 bits per heavy atom. The van der Waals surface area contributed by atoms with Crippen molar-refractivity contribution in [2.75, 3.05) is 0 Å². The fourth-order valence-electron chi connectivity index (χ4n) is 4.15. The molecule has 1 N–H and O–H groups in total. The van der Waals surface area contributed by atoms with Crippen molar-refractivity contribution in [3.05, 3.63) is 75.8 Å². The van der Waals surface area contributed by atoms with Crippen molar-refractivity contribution in [3.8, 4) is 0 Å². The molecule has 1 aromatic heterocycles. The standard InChI is InChI=1S/C24H24F3N3O2/c25-24(26,27)15-20(16-8-4-3-5-9-16)29-22(31)17-11-12-18-19(14-17)28-21-10-6-1-2-7-13-30(21)23(18)32/h3-5,8-9,11-12,14,20H,1-2,6-7,10,13,15H2,(H,29,31). The Labute approximate surface area is 183 Å². The van der Waals surface area contributed by atoms with E-state index in [0.717, 1.165) is 25.7 Å². The fraction of sp³-hybridized carbons (Fsp3) is 0.375. The number of carbonyl (C=O) groups is 1. The number of benzene rings is 2. The van der Waals surface area contributed by atoms with Gasteiger partial charge in [-0.1, -0.05) is 43.2 Å². The lowest BCUT2D eigenvalue weighted by Gasteiger charge is -2.21. The van der Waals surface area contributed by atoms with Crippen LogP contribution in [0.5, 0.6) is 0 Å². The van der Waals surface area contributed by atoms with Crippen molar-refractivity contribution in [2.45, 2.75) is 57.3 Å². The molecule has 1 atom stereocenters. The van der Waals surface area contributed by atoms with Crippen LogP contribution in [0.25, 0.3) is 10.9 Å². The number of hydrogen-bond donors (Lipinski definition) is 1. The average Bonchev–Trinajstić information content (AvgIpc) is 2.74. The number of hydrogen-bond acceptors (Lipinski definition) is 3. The normalized spacial score (nSPS) is 15.5. The Balaban J connectivity index is 1.65. The van der Waals surface area contributed by atoms with Gasteiger partial charge in [-0.25, -0.2) is 4.98 Å². The molecule has 0 saturated carbocycles. The number of nitrogens with zero attached hydrogens (tertiary/aromatic N) is 2. The minimum Gasteiger partial charge on any atom is -0.345 e. The second-order valence-corrected chi connectivity index (χ2v) is 8.14. The number of nitrogens with one attached hydrogen (secondary N) is 1. The van der Waals surface area contributed by atoms with Crippen LogP contribution in [0, 0.1) is 0 Å². The van der Waals surface area contributed by atoms with Gasteiger partial charge >= 0.3 is 6.18 Å². The van der Waals surface area contributed by atoms with E-state index in [-0.39, 0.29) is 11.1 Å². The smallest absolute Gasteiger partial charge is 0.345 e. The van der Waals surface area contributed by atoms with E-state index in [2.05, 4.69) is 10.3 Å². The van der Waals surface area contributed by atoms with Crippen LogP contribution in [-0.2, 0) is 13.0 Å².